The molecule has 0 radical (unpaired) electrons. The monoisotopic (exact) mass is 384 g/mol. The molecule has 146 valence electrons. The van der Waals surface area contributed by atoms with Crippen molar-refractivity contribution in [2.24, 2.45) is 0 Å². The Morgan fingerprint density at radius 2 is 1.54 bits per heavy atom. The van der Waals surface area contributed by atoms with Crippen molar-refractivity contribution < 1.29 is 33.3 Å². The van der Waals surface area contributed by atoms with E-state index >= 15 is 0 Å². The van der Waals surface area contributed by atoms with Gasteiger partial charge in [0.1, 0.15) is 17.6 Å². The van der Waals surface area contributed by atoms with Crippen molar-refractivity contribution in [2.75, 3.05) is 20.3 Å². The molecule has 2 aliphatic rings. The Labute approximate surface area is 162 Å². The molecule has 0 saturated carbocycles. The second-order valence-corrected chi connectivity index (χ2v) is 6.58. The fraction of sp³-hybridized carbons (Fsp3) is 0.333. The van der Waals surface area contributed by atoms with Crippen LogP contribution in [0.2, 0.25) is 0 Å². The maximum absolute atomic E-state index is 12.4. The number of hydrogen-bond acceptors (Lipinski definition) is 7. The SMILES string of the molecule is COc1ccc(C(=O)Oc2ccc(C(=O)OC3COC4CCO[C@@H]43)cc2)cc1. The lowest BCUT2D eigenvalue weighted by Crippen LogP contribution is -2.32. The molecule has 2 saturated heterocycles. The molecule has 0 N–H and O–H groups in total. The van der Waals surface area contributed by atoms with Gasteiger partial charge in [0, 0.05) is 6.61 Å². The summed E-state index contributed by atoms with van der Waals surface area (Å²) in [7, 11) is 1.55. The first-order valence-corrected chi connectivity index (χ1v) is 9.04. The van der Waals surface area contributed by atoms with E-state index < -0.39 is 18.0 Å². The highest BCUT2D eigenvalue weighted by molar-refractivity contribution is 5.92. The summed E-state index contributed by atoms with van der Waals surface area (Å²) >= 11 is 0. The maximum Gasteiger partial charge on any atom is 0.343 e. The van der Waals surface area contributed by atoms with Gasteiger partial charge in [0.15, 0.2) is 6.10 Å². The zero-order valence-electron chi connectivity index (χ0n) is 15.3. The number of methoxy groups -OCH3 is 1. The zero-order chi connectivity index (χ0) is 19.5. The highest BCUT2D eigenvalue weighted by Gasteiger charge is 2.44. The standard InChI is InChI=1S/C21H20O7/c1-24-15-6-2-13(3-7-15)20(22)27-16-8-4-14(5-9-16)21(23)28-18-12-26-17-10-11-25-19(17)18/h2-9,17-19H,10-12H2,1H3/t17?,18?,19-/m0/s1. The lowest BCUT2D eigenvalue weighted by atomic mass is 10.1. The van der Waals surface area contributed by atoms with Crippen molar-refractivity contribution >= 4 is 11.9 Å². The molecule has 2 aromatic carbocycles. The number of esters is 2. The van der Waals surface area contributed by atoms with Crippen LogP contribution in [0.25, 0.3) is 0 Å². The van der Waals surface area contributed by atoms with E-state index in [0.717, 1.165) is 6.42 Å². The van der Waals surface area contributed by atoms with E-state index in [1.165, 1.54) is 0 Å². The van der Waals surface area contributed by atoms with Gasteiger partial charge in [-0.05, 0) is 55.0 Å². The normalized spacial score (nSPS) is 23.1. The average Bonchev–Trinajstić information content (AvgIpc) is 3.34. The summed E-state index contributed by atoms with van der Waals surface area (Å²) in [5.74, 6) is 0.0328. The Kier molecular flexibility index (Phi) is 5.27. The van der Waals surface area contributed by atoms with E-state index in [2.05, 4.69) is 0 Å². The number of hydrogen-bond donors (Lipinski definition) is 0. The van der Waals surface area contributed by atoms with Crippen LogP contribution in [0.3, 0.4) is 0 Å². The lowest BCUT2D eigenvalue weighted by molar-refractivity contribution is -0.0148. The number of benzene rings is 2. The van der Waals surface area contributed by atoms with Crippen molar-refractivity contribution in [1.29, 1.82) is 0 Å². The summed E-state index contributed by atoms with van der Waals surface area (Å²) in [5.41, 5.74) is 0.766. The smallest absolute Gasteiger partial charge is 0.343 e. The summed E-state index contributed by atoms with van der Waals surface area (Å²) in [5, 5.41) is 0. The molecule has 0 spiro atoms. The number of carbonyl (C=O) groups is 2. The quantitative estimate of drug-likeness (QED) is 0.579. The molecule has 2 aromatic rings. The van der Waals surface area contributed by atoms with Crippen molar-refractivity contribution in [3.63, 3.8) is 0 Å². The first-order valence-electron chi connectivity index (χ1n) is 9.04. The lowest BCUT2D eigenvalue weighted by Gasteiger charge is -2.16. The number of ether oxygens (including phenoxy) is 5. The van der Waals surface area contributed by atoms with Gasteiger partial charge in [-0.15, -0.1) is 0 Å². The summed E-state index contributed by atoms with van der Waals surface area (Å²) in [6, 6.07) is 12.8. The van der Waals surface area contributed by atoms with E-state index in [1.807, 2.05) is 0 Å². The van der Waals surface area contributed by atoms with E-state index in [1.54, 1.807) is 55.6 Å². The van der Waals surface area contributed by atoms with Gasteiger partial charge >= 0.3 is 11.9 Å². The highest BCUT2D eigenvalue weighted by atomic mass is 16.6. The van der Waals surface area contributed by atoms with Gasteiger partial charge in [-0.3, -0.25) is 0 Å². The Morgan fingerprint density at radius 3 is 2.21 bits per heavy atom. The molecule has 28 heavy (non-hydrogen) atoms. The molecule has 2 fully saturated rings. The second kappa shape index (κ2) is 8.00. The van der Waals surface area contributed by atoms with E-state index in [-0.39, 0.29) is 12.2 Å². The van der Waals surface area contributed by atoms with Crippen LogP contribution in [0.1, 0.15) is 27.1 Å². The van der Waals surface area contributed by atoms with Crippen LogP contribution in [0.5, 0.6) is 11.5 Å². The van der Waals surface area contributed by atoms with E-state index in [0.29, 0.717) is 35.8 Å². The third kappa shape index (κ3) is 3.85. The molecule has 7 nitrogen and oxygen atoms in total. The number of carbonyl (C=O) groups excluding carboxylic acids is 2. The van der Waals surface area contributed by atoms with Crippen molar-refractivity contribution in [3.05, 3.63) is 59.7 Å². The average molecular weight is 384 g/mol. The molecule has 0 aliphatic carbocycles. The summed E-state index contributed by atoms with van der Waals surface area (Å²) in [4.78, 5) is 24.5. The Bertz CT molecular complexity index is 844. The molecule has 7 heteroatoms. The molecule has 3 atom stereocenters. The molecule has 2 aliphatic heterocycles. The molecule has 2 heterocycles. The first-order chi connectivity index (χ1) is 13.6. The van der Waals surface area contributed by atoms with Crippen LogP contribution < -0.4 is 9.47 Å². The third-order valence-corrected chi connectivity index (χ3v) is 4.80. The summed E-state index contributed by atoms with van der Waals surface area (Å²) in [6.07, 6.45) is 0.256. The number of rotatable bonds is 5. The predicted octanol–water partition coefficient (Wildman–Crippen LogP) is 2.63. The van der Waals surface area contributed by atoms with Crippen molar-refractivity contribution in [2.45, 2.75) is 24.7 Å². The van der Waals surface area contributed by atoms with Gasteiger partial charge in [-0.2, -0.15) is 0 Å². The van der Waals surface area contributed by atoms with E-state index in [4.69, 9.17) is 23.7 Å². The molecular formula is C21H20O7. The van der Waals surface area contributed by atoms with Gasteiger partial charge in [-0.1, -0.05) is 0 Å². The second-order valence-electron chi connectivity index (χ2n) is 6.58. The minimum absolute atomic E-state index is 0.0116. The van der Waals surface area contributed by atoms with Crippen LogP contribution in [-0.2, 0) is 14.2 Å². The van der Waals surface area contributed by atoms with Gasteiger partial charge in [0.05, 0.1) is 30.9 Å². The zero-order valence-corrected chi connectivity index (χ0v) is 15.3. The van der Waals surface area contributed by atoms with Crippen LogP contribution in [0.15, 0.2) is 48.5 Å². The van der Waals surface area contributed by atoms with Crippen LogP contribution >= 0.6 is 0 Å². The van der Waals surface area contributed by atoms with E-state index in [9.17, 15) is 9.59 Å². The maximum atomic E-state index is 12.4. The molecular weight excluding hydrogens is 364 g/mol. The van der Waals surface area contributed by atoms with Gasteiger partial charge in [0.2, 0.25) is 0 Å². The highest BCUT2D eigenvalue weighted by Crippen LogP contribution is 2.29. The largest absolute Gasteiger partial charge is 0.497 e. The van der Waals surface area contributed by atoms with Gasteiger partial charge in [-0.25, -0.2) is 9.59 Å². The van der Waals surface area contributed by atoms with Crippen LogP contribution in [0.4, 0.5) is 0 Å². The molecule has 0 bridgehead atoms. The predicted molar refractivity (Wildman–Crippen MR) is 97.7 cm³/mol. The topological polar surface area (TPSA) is 80.3 Å². The minimum atomic E-state index is -0.495. The fourth-order valence-corrected chi connectivity index (χ4v) is 3.29. The van der Waals surface area contributed by atoms with Gasteiger partial charge < -0.3 is 23.7 Å². The van der Waals surface area contributed by atoms with Gasteiger partial charge in [0.25, 0.3) is 0 Å². The van der Waals surface area contributed by atoms with Crippen LogP contribution in [0, 0.1) is 0 Å². The molecule has 0 aromatic heterocycles. The number of fused-ring (bicyclic) bond motifs is 1. The molecule has 4 rings (SSSR count). The Hall–Kier alpha value is -2.90. The third-order valence-electron chi connectivity index (χ3n) is 4.80. The Balaban J connectivity index is 1.35. The first kappa shape index (κ1) is 18.5. The molecule has 0 amide bonds. The summed E-state index contributed by atoms with van der Waals surface area (Å²) < 4.78 is 27.1. The minimum Gasteiger partial charge on any atom is -0.497 e. The Morgan fingerprint density at radius 1 is 0.893 bits per heavy atom. The van der Waals surface area contributed by atoms with Crippen molar-refractivity contribution in [1.82, 2.24) is 0 Å². The fourth-order valence-electron chi connectivity index (χ4n) is 3.29. The van der Waals surface area contributed by atoms with Crippen molar-refractivity contribution in [3.8, 4) is 11.5 Å². The summed E-state index contributed by atoms with van der Waals surface area (Å²) in [6.45, 7) is 0.969. The van der Waals surface area contributed by atoms with Crippen LogP contribution in [-0.4, -0.2) is 50.6 Å². The molecule has 2 unspecified atom stereocenters.